The van der Waals surface area contributed by atoms with Crippen LogP contribution in [-0.4, -0.2) is 0 Å². The summed E-state index contributed by atoms with van der Waals surface area (Å²) >= 11 is 0. The Morgan fingerprint density at radius 2 is 0.800 bits per heavy atom. The van der Waals surface area contributed by atoms with Gasteiger partial charge in [0.05, 0.1) is 0 Å². The molecule has 0 heteroatoms. The van der Waals surface area contributed by atoms with E-state index in [0.717, 1.165) is 23.7 Å². The molecule has 0 radical (unpaired) electrons. The summed E-state index contributed by atoms with van der Waals surface area (Å²) in [6.45, 7) is 18.8. The molecule has 0 amide bonds. The second-order valence-corrected chi connectivity index (χ2v) is 13.1. The molecular weight excluding hydrogens is 420 g/mol. The van der Waals surface area contributed by atoms with Crippen LogP contribution in [-0.2, 0) is 5.41 Å². The van der Waals surface area contributed by atoms with Crippen molar-refractivity contribution in [2.24, 2.45) is 29.1 Å². The molecule has 0 saturated heterocycles. The lowest BCUT2D eigenvalue weighted by atomic mass is 9.59. The van der Waals surface area contributed by atoms with E-state index in [4.69, 9.17) is 0 Å². The van der Waals surface area contributed by atoms with E-state index in [2.05, 4.69) is 104 Å². The van der Waals surface area contributed by atoms with Crippen molar-refractivity contribution in [1.82, 2.24) is 0 Å². The molecule has 0 spiro atoms. The molecule has 0 aliphatic heterocycles. The van der Waals surface area contributed by atoms with Gasteiger partial charge in [0.15, 0.2) is 0 Å². The van der Waals surface area contributed by atoms with Crippen LogP contribution < -0.4 is 0 Å². The highest BCUT2D eigenvalue weighted by Crippen LogP contribution is 2.49. The molecule has 0 unspecified atom stereocenters. The number of hydrogen-bond donors (Lipinski definition) is 0. The van der Waals surface area contributed by atoms with Crippen LogP contribution in [0.2, 0.25) is 0 Å². The zero-order valence-corrected chi connectivity index (χ0v) is 23.6. The van der Waals surface area contributed by atoms with E-state index in [-0.39, 0.29) is 12.8 Å². The molecule has 0 bridgehead atoms. The van der Waals surface area contributed by atoms with E-state index in [9.17, 15) is 0 Å². The molecule has 35 heavy (non-hydrogen) atoms. The zero-order valence-electron chi connectivity index (χ0n) is 23.6. The summed E-state index contributed by atoms with van der Waals surface area (Å²) in [4.78, 5) is 0. The third-order valence-electron chi connectivity index (χ3n) is 9.68. The Labute approximate surface area is 219 Å². The first-order valence-electron chi connectivity index (χ1n) is 14.1. The Hall–Kier alpha value is -1.56. The fourth-order valence-electron chi connectivity index (χ4n) is 6.45. The molecule has 0 atom stereocenters. The zero-order chi connectivity index (χ0) is 24.9. The molecule has 2 fully saturated rings. The first-order valence-corrected chi connectivity index (χ1v) is 14.1. The van der Waals surface area contributed by atoms with Crippen LogP contribution in [0, 0.1) is 42.9 Å². The number of benzene rings is 2. The molecule has 2 aromatic rings. The molecular formula is C35H56. The highest BCUT2D eigenvalue weighted by atomic mass is 14.4. The van der Waals surface area contributed by atoms with Crippen molar-refractivity contribution in [2.45, 2.75) is 120 Å². The monoisotopic (exact) mass is 476 g/mol. The molecule has 2 aliphatic carbocycles. The van der Waals surface area contributed by atoms with E-state index in [1.807, 2.05) is 0 Å². The van der Waals surface area contributed by atoms with Crippen LogP contribution in [0.1, 0.15) is 123 Å². The van der Waals surface area contributed by atoms with Gasteiger partial charge in [0.25, 0.3) is 0 Å². The highest BCUT2D eigenvalue weighted by molar-refractivity contribution is 5.39. The Bertz CT molecular complexity index is 780. The van der Waals surface area contributed by atoms with Gasteiger partial charge in [-0.3, -0.25) is 0 Å². The van der Waals surface area contributed by atoms with E-state index in [1.165, 1.54) is 73.6 Å². The largest absolute Gasteiger partial charge is 0.0776 e. The van der Waals surface area contributed by atoms with E-state index >= 15 is 0 Å². The highest BCUT2D eigenvalue weighted by Gasteiger charge is 2.39. The van der Waals surface area contributed by atoms with Crippen molar-refractivity contribution >= 4 is 0 Å². The van der Waals surface area contributed by atoms with Crippen LogP contribution in [0.25, 0.3) is 0 Å². The van der Waals surface area contributed by atoms with Gasteiger partial charge in [0.2, 0.25) is 0 Å². The molecule has 2 aliphatic rings. The second kappa shape index (κ2) is 12.6. The maximum atomic E-state index is 2.58. The lowest BCUT2D eigenvalue weighted by Crippen LogP contribution is -2.36. The molecule has 0 heterocycles. The van der Waals surface area contributed by atoms with Gasteiger partial charge in [-0.25, -0.2) is 0 Å². The third-order valence-corrected chi connectivity index (χ3v) is 9.68. The van der Waals surface area contributed by atoms with Gasteiger partial charge in [-0.15, -0.1) is 0 Å². The van der Waals surface area contributed by atoms with Crippen molar-refractivity contribution in [3.05, 3.63) is 70.8 Å². The minimum atomic E-state index is 0. The summed E-state index contributed by atoms with van der Waals surface area (Å²) in [5, 5.41) is 0. The Morgan fingerprint density at radius 3 is 1.09 bits per heavy atom. The van der Waals surface area contributed by atoms with Gasteiger partial charge in [-0.1, -0.05) is 134 Å². The fourth-order valence-corrected chi connectivity index (χ4v) is 6.45. The molecule has 0 N–H and O–H groups in total. The smallest absolute Gasteiger partial charge is 0.0146 e. The lowest BCUT2D eigenvalue weighted by molar-refractivity contribution is 0.0421. The molecule has 2 saturated carbocycles. The van der Waals surface area contributed by atoms with Crippen LogP contribution in [0.15, 0.2) is 48.5 Å². The average Bonchev–Trinajstić information content (AvgIpc) is 2.81. The van der Waals surface area contributed by atoms with E-state index in [1.54, 1.807) is 0 Å². The first-order chi connectivity index (χ1) is 16.0. The average molecular weight is 477 g/mol. The van der Waals surface area contributed by atoms with Crippen LogP contribution in [0.4, 0.5) is 0 Å². The van der Waals surface area contributed by atoms with Crippen molar-refractivity contribution in [1.29, 1.82) is 0 Å². The van der Waals surface area contributed by atoms with E-state index in [0.29, 0.717) is 5.41 Å². The number of rotatable bonds is 4. The number of hydrogen-bond acceptors (Lipinski definition) is 0. The van der Waals surface area contributed by atoms with Gasteiger partial charge in [0.1, 0.15) is 0 Å². The molecule has 4 rings (SSSR count). The maximum absolute atomic E-state index is 2.58. The predicted molar refractivity (Wildman–Crippen MR) is 157 cm³/mol. The summed E-state index contributed by atoms with van der Waals surface area (Å²) in [6, 6.07) is 17.7. The predicted octanol–water partition coefficient (Wildman–Crippen LogP) is 10.9. The molecule has 0 aromatic heterocycles. The molecule has 0 nitrogen and oxygen atoms in total. The lowest BCUT2D eigenvalue weighted by Gasteiger charge is -2.46. The summed E-state index contributed by atoms with van der Waals surface area (Å²) in [5.41, 5.74) is 6.04. The van der Waals surface area contributed by atoms with Crippen LogP contribution >= 0.6 is 0 Å². The summed E-state index contributed by atoms with van der Waals surface area (Å²) in [6.07, 6.45) is 11.9. The van der Waals surface area contributed by atoms with Crippen molar-refractivity contribution in [3.8, 4) is 0 Å². The van der Waals surface area contributed by atoms with Gasteiger partial charge in [0, 0.05) is 5.41 Å². The second-order valence-electron chi connectivity index (χ2n) is 13.1. The van der Waals surface area contributed by atoms with Crippen LogP contribution in [0.5, 0.6) is 0 Å². The van der Waals surface area contributed by atoms with Gasteiger partial charge < -0.3 is 0 Å². The van der Waals surface area contributed by atoms with Gasteiger partial charge in [-0.05, 0) is 79.7 Å². The summed E-state index contributed by atoms with van der Waals surface area (Å²) < 4.78 is 0. The first kappa shape index (κ1) is 29.7. The summed E-state index contributed by atoms with van der Waals surface area (Å²) in [7, 11) is 0. The Morgan fingerprint density at radius 1 is 0.514 bits per heavy atom. The standard InChI is InChI=1S/C17H32.C17H20.CH4/c2*1-13-5-9-15(10-6-13)17(3,4)16-11-7-14(2)8-12-16;/h13-16H,5-12H2,1-4H3;5-12H,1-4H3;1H4. The van der Waals surface area contributed by atoms with Crippen molar-refractivity contribution in [2.75, 3.05) is 0 Å². The summed E-state index contributed by atoms with van der Waals surface area (Å²) in [5.74, 6) is 4.01. The van der Waals surface area contributed by atoms with E-state index < -0.39 is 0 Å². The minimum Gasteiger partial charge on any atom is -0.0776 e. The number of aryl methyl sites for hydroxylation is 2. The topological polar surface area (TPSA) is 0 Å². The molecule has 196 valence electrons. The quantitative estimate of drug-likeness (QED) is 0.411. The van der Waals surface area contributed by atoms with Crippen LogP contribution in [0.3, 0.4) is 0 Å². The Kier molecular flexibility index (Phi) is 10.7. The normalized spacial score (nSPS) is 25.1. The minimum absolute atomic E-state index is 0. The Balaban J connectivity index is 0.000000240. The van der Waals surface area contributed by atoms with Gasteiger partial charge >= 0.3 is 0 Å². The third kappa shape index (κ3) is 7.71. The maximum Gasteiger partial charge on any atom is 0.0146 e. The van der Waals surface area contributed by atoms with Crippen molar-refractivity contribution in [3.63, 3.8) is 0 Å². The SMILES string of the molecule is C.CC1CCC(C(C)(C)C2CCC(C)CC2)CC1.Cc1ccc(C(C)(C)c2ccc(C)cc2)cc1. The fraction of sp³-hybridized carbons (Fsp3) is 0.657. The van der Waals surface area contributed by atoms with Crippen molar-refractivity contribution < 1.29 is 0 Å². The van der Waals surface area contributed by atoms with Gasteiger partial charge in [-0.2, -0.15) is 0 Å². The molecule has 2 aromatic carbocycles.